The second-order valence-electron chi connectivity index (χ2n) is 5.51. The van der Waals surface area contributed by atoms with Crippen molar-refractivity contribution in [2.75, 3.05) is 19.7 Å². The maximum absolute atomic E-state index is 12.1. The Hall–Kier alpha value is -1.96. The average molecular weight is 353 g/mol. The molecule has 130 valence electrons. The van der Waals surface area contributed by atoms with E-state index in [1.165, 1.54) is 0 Å². The number of halogens is 1. The maximum atomic E-state index is 12.1. The Balaban J connectivity index is 0.00000208. The van der Waals surface area contributed by atoms with Gasteiger partial charge in [-0.15, -0.1) is 12.4 Å². The molecule has 7 nitrogen and oxygen atoms in total. The number of carbonyl (C=O) groups excluding carboxylic acids is 1. The molecule has 24 heavy (non-hydrogen) atoms. The number of nitrogens with zero attached hydrogens (tertiary/aromatic N) is 2. The molecule has 1 amide bonds. The molecular weight excluding hydrogens is 332 g/mol. The number of rotatable bonds is 5. The third-order valence-corrected chi connectivity index (χ3v) is 3.64. The molecule has 0 saturated carbocycles. The molecule has 8 heteroatoms. The molecule has 0 bridgehead atoms. The van der Waals surface area contributed by atoms with E-state index in [1.807, 2.05) is 37.3 Å². The van der Waals surface area contributed by atoms with Gasteiger partial charge in [-0.2, -0.15) is 4.98 Å². The molecule has 1 aliphatic rings. The van der Waals surface area contributed by atoms with Crippen molar-refractivity contribution in [1.82, 2.24) is 20.8 Å². The lowest BCUT2D eigenvalue weighted by molar-refractivity contribution is -0.135. The lowest BCUT2D eigenvalue weighted by atomic mass is 10.1. The van der Waals surface area contributed by atoms with Gasteiger partial charge in [0.15, 0.2) is 5.82 Å². The largest absolute Gasteiger partial charge is 0.366 e. The number of amides is 1. The van der Waals surface area contributed by atoms with Gasteiger partial charge in [0, 0.05) is 19.5 Å². The van der Waals surface area contributed by atoms with Gasteiger partial charge in [0.05, 0.1) is 6.61 Å². The Morgan fingerprint density at radius 3 is 2.92 bits per heavy atom. The number of benzene rings is 1. The van der Waals surface area contributed by atoms with Gasteiger partial charge >= 0.3 is 0 Å². The lowest BCUT2D eigenvalue weighted by Gasteiger charge is -2.23. The molecular formula is C16H21ClN4O3. The van der Waals surface area contributed by atoms with Crippen LogP contribution in [0.5, 0.6) is 0 Å². The van der Waals surface area contributed by atoms with Crippen molar-refractivity contribution in [3.05, 3.63) is 47.6 Å². The number of carbonyl (C=O) groups is 1. The topological polar surface area (TPSA) is 89.3 Å². The second kappa shape index (κ2) is 8.77. The first-order chi connectivity index (χ1) is 11.2. The van der Waals surface area contributed by atoms with E-state index in [4.69, 9.17) is 9.26 Å². The predicted octanol–water partition coefficient (Wildman–Crippen LogP) is 1.25. The molecule has 0 aliphatic carbocycles. The molecule has 1 aromatic carbocycles. The van der Waals surface area contributed by atoms with Crippen molar-refractivity contribution in [2.45, 2.75) is 25.5 Å². The first-order valence-electron chi connectivity index (χ1n) is 7.71. The fourth-order valence-electron chi connectivity index (χ4n) is 2.40. The van der Waals surface area contributed by atoms with Crippen molar-refractivity contribution in [1.29, 1.82) is 0 Å². The fourth-order valence-corrected chi connectivity index (χ4v) is 2.40. The van der Waals surface area contributed by atoms with Gasteiger partial charge in [-0.3, -0.25) is 4.79 Å². The molecule has 0 radical (unpaired) electrons. The van der Waals surface area contributed by atoms with Crippen molar-refractivity contribution in [3.8, 4) is 0 Å². The molecule has 2 aromatic rings. The molecule has 2 N–H and O–H groups in total. The summed E-state index contributed by atoms with van der Waals surface area (Å²) in [5, 5.41) is 9.94. The van der Waals surface area contributed by atoms with E-state index >= 15 is 0 Å². The molecule has 1 aliphatic heterocycles. The van der Waals surface area contributed by atoms with E-state index in [-0.39, 0.29) is 24.4 Å². The zero-order chi connectivity index (χ0) is 16.1. The van der Waals surface area contributed by atoms with Crippen LogP contribution in [0.3, 0.4) is 0 Å². The van der Waals surface area contributed by atoms with Gasteiger partial charge in [0.1, 0.15) is 12.1 Å². The minimum Gasteiger partial charge on any atom is -0.366 e. The summed E-state index contributed by atoms with van der Waals surface area (Å²) in [5.74, 6) is 0.823. The summed E-state index contributed by atoms with van der Waals surface area (Å²) in [5.41, 5.74) is 1.11. The highest BCUT2D eigenvalue weighted by atomic mass is 35.5. The molecule has 2 heterocycles. The number of morpholine rings is 1. The zero-order valence-electron chi connectivity index (χ0n) is 13.4. The first-order valence-corrected chi connectivity index (χ1v) is 7.71. The third-order valence-electron chi connectivity index (χ3n) is 3.64. The third kappa shape index (κ3) is 4.77. The molecule has 2 atom stereocenters. The summed E-state index contributed by atoms with van der Waals surface area (Å²) < 4.78 is 10.7. The summed E-state index contributed by atoms with van der Waals surface area (Å²) >= 11 is 0. The lowest BCUT2D eigenvalue weighted by Crippen LogP contribution is -2.48. The number of ether oxygens (including phenoxy) is 1. The monoisotopic (exact) mass is 352 g/mol. The van der Waals surface area contributed by atoms with Gasteiger partial charge < -0.3 is 19.9 Å². The summed E-state index contributed by atoms with van der Waals surface area (Å²) in [6, 6.07) is 9.56. The van der Waals surface area contributed by atoms with Gasteiger partial charge in [-0.1, -0.05) is 35.5 Å². The van der Waals surface area contributed by atoms with Crippen molar-refractivity contribution >= 4 is 18.3 Å². The van der Waals surface area contributed by atoms with E-state index in [0.29, 0.717) is 31.3 Å². The van der Waals surface area contributed by atoms with E-state index in [0.717, 1.165) is 12.1 Å². The summed E-state index contributed by atoms with van der Waals surface area (Å²) in [4.78, 5) is 16.5. The van der Waals surface area contributed by atoms with Crippen LogP contribution in [-0.2, 0) is 16.0 Å². The number of nitrogens with one attached hydrogen (secondary N) is 2. The number of hydrogen-bond acceptors (Lipinski definition) is 6. The molecule has 1 aromatic heterocycles. The second-order valence-corrected chi connectivity index (χ2v) is 5.51. The molecule has 1 saturated heterocycles. The van der Waals surface area contributed by atoms with Crippen LogP contribution in [0.15, 0.2) is 34.9 Å². The van der Waals surface area contributed by atoms with E-state index < -0.39 is 6.10 Å². The van der Waals surface area contributed by atoms with E-state index in [9.17, 15) is 4.79 Å². The Kier molecular flexibility index (Phi) is 6.72. The van der Waals surface area contributed by atoms with Crippen LogP contribution in [0, 0.1) is 0 Å². The summed E-state index contributed by atoms with van der Waals surface area (Å²) in [7, 11) is 0. The smallest absolute Gasteiger partial charge is 0.251 e. The van der Waals surface area contributed by atoms with E-state index in [2.05, 4.69) is 20.8 Å². The highest BCUT2D eigenvalue weighted by Crippen LogP contribution is 2.13. The minimum absolute atomic E-state index is 0. The fraction of sp³-hybridized carbons (Fsp3) is 0.438. The van der Waals surface area contributed by atoms with Gasteiger partial charge in [-0.25, -0.2) is 0 Å². The predicted molar refractivity (Wildman–Crippen MR) is 90.0 cm³/mol. The van der Waals surface area contributed by atoms with Gasteiger partial charge in [0.25, 0.3) is 5.91 Å². The van der Waals surface area contributed by atoms with Crippen LogP contribution >= 0.6 is 12.4 Å². The van der Waals surface area contributed by atoms with Gasteiger partial charge in [-0.05, 0) is 12.5 Å². The SMILES string of the molecule is CC(NC(=O)C1CNCCO1)c1nc(Cc2ccccc2)no1.Cl. The Labute approximate surface area is 146 Å². The molecule has 2 unspecified atom stereocenters. The number of hydrogen-bond donors (Lipinski definition) is 2. The zero-order valence-corrected chi connectivity index (χ0v) is 14.2. The quantitative estimate of drug-likeness (QED) is 0.841. The Morgan fingerprint density at radius 1 is 1.42 bits per heavy atom. The van der Waals surface area contributed by atoms with Crippen LogP contribution < -0.4 is 10.6 Å². The summed E-state index contributed by atoms with van der Waals surface area (Å²) in [6.45, 7) is 3.63. The first kappa shape index (κ1) is 18.4. The minimum atomic E-state index is -0.474. The van der Waals surface area contributed by atoms with Crippen LogP contribution in [0.2, 0.25) is 0 Å². The Morgan fingerprint density at radius 2 is 2.21 bits per heavy atom. The summed E-state index contributed by atoms with van der Waals surface area (Å²) in [6.07, 6.45) is 0.124. The molecule has 0 spiro atoms. The number of aromatic nitrogens is 2. The maximum Gasteiger partial charge on any atom is 0.251 e. The normalized spacial score (nSPS) is 18.5. The van der Waals surface area contributed by atoms with Crippen LogP contribution in [0.1, 0.15) is 30.2 Å². The Bertz CT molecular complexity index is 644. The van der Waals surface area contributed by atoms with Crippen LogP contribution in [0.25, 0.3) is 0 Å². The highest BCUT2D eigenvalue weighted by molar-refractivity contribution is 5.85. The highest BCUT2D eigenvalue weighted by Gasteiger charge is 2.25. The van der Waals surface area contributed by atoms with E-state index in [1.54, 1.807) is 0 Å². The van der Waals surface area contributed by atoms with Crippen molar-refractivity contribution < 1.29 is 14.1 Å². The molecule has 3 rings (SSSR count). The van der Waals surface area contributed by atoms with Crippen LogP contribution in [0.4, 0.5) is 0 Å². The standard InChI is InChI=1S/C16H20N4O3.ClH/c1-11(18-15(21)13-10-17-7-8-22-13)16-19-14(20-23-16)9-12-5-3-2-4-6-12;/h2-6,11,13,17H,7-10H2,1H3,(H,18,21);1H. The average Bonchev–Trinajstić information content (AvgIpc) is 3.05. The van der Waals surface area contributed by atoms with Crippen molar-refractivity contribution in [3.63, 3.8) is 0 Å². The van der Waals surface area contributed by atoms with Crippen LogP contribution in [-0.4, -0.2) is 41.8 Å². The van der Waals surface area contributed by atoms with Crippen molar-refractivity contribution in [2.24, 2.45) is 0 Å². The molecule has 1 fully saturated rings. The van der Waals surface area contributed by atoms with Gasteiger partial charge in [0.2, 0.25) is 5.89 Å².